The van der Waals surface area contributed by atoms with Crippen molar-refractivity contribution >= 4 is 11.8 Å². The van der Waals surface area contributed by atoms with E-state index >= 15 is 0 Å². The summed E-state index contributed by atoms with van der Waals surface area (Å²) in [5.41, 5.74) is 5.26. The fourth-order valence-electron chi connectivity index (χ4n) is 1.86. The first-order valence-electron chi connectivity index (χ1n) is 6.24. The minimum atomic E-state index is -0.367. The van der Waals surface area contributed by atoms with E-state index in [0.29, 0.717) is 13.1 Å². The van der Waals surface area contributed by atoms with E-state index in [1.807, 2.05) is 20.8 Å². The maximum absolute atomic E-state index is 12.2. The lowest BCUT2D eigenvalue weighted by Gasteiger charge is -2.25. The second-order valence-electron chi connectivity index (χ2n) is 5.03. The summed E-state index contributed by atoms with van der Waals surface area (Å²) in [6.07, 6.45) is 1.70. The average molecular weight is 241 g/mol. The van der Waals surface area contributed by atoms with Gasteiger partial charge >= 0.3 is 0 Å². The van der Waals surface area contributed by atoms with Crippen LogP contribution in [0.25, 0.3) is 0 Å². The van der Waals surface area contributed by atoms with Gasteiger partial charge in [0.1, 0.15) is 0 Å². The molecule has 0 aliphatic heterocycles. The number of hydrogen-bond acceptors (Lipinski definition) is 3. The Bertz CT molecular complexity index is 298. The molecule has 5 nitrogen and oxygen atoms in total. The summed E-state index contributed by atoms with van der Waals surface area (Å²) in [5.74, 6) is -0.0792. The Morgan fingerprint density at radius 3 is 2.35 bits per heavy atom. The predicted molar refractivity (Wildman–Crippen MR) is 66.3 cm³/mol. The Kier molecular flexibility index (Phi) is 4.51. The number of nitrogens with two attached hydrogens (primary N) is 1. The van der Waals surface area contributed by atoms with Crippen molar-refractivity contribution in [3.8, 4) is 0 Å². The highest BCUT2D eigenvalue weighted by molar-refractivity contribution is 5.89. The molecule has 0 aromatic heterocycles. The number of likely N-dealkylation sites (N-methyl/N-ethyl adjacent to an activating group) is 1. The number of rotatable bonds is 6. The molecule has 3 N–H and O–H groups in total. The zero-order valence-corrected chi connectivity index (χ0v) is 11.0. The van der Waals surface area contributed by atoms with Gasteiger partial charge in [0.25, 0.3) is 0 Å². The molecule has 0 bridgehead atoms. The average Bonchev–Trinajstić information content (AvgIpc) is 3.04. The zero-order chi connectivity index (χ0) is 13.1. The van der Waals surface area contributed by atoms with Crippen LogP contribution in [-0.2, 0) is 9.59 Å². The molecule has 0 atom stereocenters. The lowest BCUT2D eigenvalue weighted by atomic mass is 10.1. The van der Waals surface area contributed by atoms with Gasteiger partial charge in [-0.2, -0.15) is 0 Å². The van der Waals surface area contributed by atoms with Crippen molar-refractivity contribution in [3.05, 3.63) is 0 Å². The predicted octanol–water partition coefficient (Wildman–Crippen LogP) is 0.0984. The maximum Gasteiger partial charge on any atom is 0.239 e. The fraction of sp³-hybridized carbons (Fsp3) is 0.833. The van der Waals surface area contributed by atoms with Crippen molar-refractivity contribution in [3.63, 3.8) is 0 Å². The van der Waals surface area contributed by atoms with Gasteiger partial charge < -0.3 is 16.0 Å². The van der Waals surface area contributed by atoms with E-state index in [2.05, 4.69) is 5.32 Å². The Balaban J connectivity index is 2.54. The van der Waals surface area contributed by atoms with Crippen molar-refractivity contribution in [2.45, 2.75) is 39.7 Å². The number of amides is 2. The van der Waals surface area contributed by atoms with Crippen LogP contribution in [0.5, 0.6) is 0 Å². The minimum Gasteiger partial charge on any atom is -0.352 e. The monoisotopic (exact) mass is 241 g/mol. The van der Waals surface area contributed by atoms with Crippen molar-refractivity contribution in [1.29, 1.82) is 0 Å². The van der Waals surface area contributed by atoms with Gasteiger partial charge in [0, 0.05) is 19.1 Å². The quantitative estimate of drug-likeness (QED) is 0.692. The van der Waals surface area contributed by atoms with Crippen LogP contribution >= 0.6 is 0 Å². The molecule has 1 fully saturated rings. The van der Waals surface area contributed by atoms with Gasteiger partial charge in [-0.05, 0) is 33.6 Å². The van der Waals surface area contributed by atoms with E-state index in [1.54, 1.807) is 4.90 Å². The third-order valence-corrected chi connectivity index (χ3v) is 3.15. The van der Waals surface area contributed by atoms with Crippen LogP contribution in [-0.4, -0.2) is 42.4 Å². The molecule has 1 aliphatic carbocycles. The summed E-state index contributed by atoms with van der Waals surface area (Å²) in [5, 5.41) is 2.79. The van der Waals surface area contributed by atoms with Crippen LogP contribution in [0, 0.1) is 5.41 Å². The van der Waals surface area contributed by atoms with Gasteiger partial charge in [0.2, 0.25) is 11.8 Å². The molecular weight excluding hydrogens is 218 g/mol. The first kappa shape index (κ1) is 14.0. The van der Waals surface area contributed by atoms with Crippen LogP contribution in [0.1, 0.15) is 33.6 Å². The SMILES string of the molecule is CCN(CC(=O)NC(C)C)C(=O)C1(CN)CC1. The Labute approximate surface area is 103 Å². The number of carbonyl (C=O) groups excluding carboxylic acids is 2. The highest BCUT2D eigenvalue weighted by Crippen LogP contribution is 2.46. The lowest BCUT2D eigenvalue weighted by molar-refractivity contribution is -0.140. The number of nitrogens with one attached hydrogen (secondary N) is 1. The molecule has 0 radical (unpaired) electrons. The summed E-state index contributed by atoms with van der Waals surface area (Å²) in [6.45, 7) is 6.75. The van der Waals surface area contributed by atoms with E-state index in [9.17, 15) is 9.59 Å². The van der Waals surface area contributed by atoms with Crippen molar-refractivity contribution in [2.75, 3.05) is 19.6 Å². The van der Waals surface area contributed by atoms with Gasteiger partial charge in [-0.3, -0.25) is 9.59 Å². The van der Waals surface area contributed by atoms with Crippen LogP contribution in [0.4, 0.5) is 0 Å². The van der Waals surface area contributed by atoms with Gasteiger partial charge in [-0.25, -0.2) is 0 Å². The van der Waals surface area contributed by atoms with Crippen molar-refractivity contribution in [1.82, 2.24) is 10.2 Å². The minimum absolute atomic E-state index is 0.0291. The van der Waals surface area contributed by atoms with Gasteiger partial charge in [0.15, 0.2) is 0 Å². The second kappa shape index (κ2) is 5.49. The molecule has 0 saturated heterocycles. The molecule has 1 saturated carbocycles. The lowest BCUT2D eigenvalue weighted by Crippen LogP contribution is -2.46. The summed E-state index contributed by atoms with van der Waals surface area (Å²) in [7, 11) is 0. The third kappa shape index (κ3) is 3.43. The molecule has 0 unspecified atom stereocenters. The molecule has 2 amide bonds. The van der Waals surface area contributed by atoms with E-state index in [1.165, 1.54) is 0 Å². The normalized spacial score (nSPS) is 16.8. The van der Waals surface area contributed by atoms with Gasteiger partial charge in [-0.1, -0.05) is 0 Å². The van der Waals surface area contributed by atoms with E-state index in [0.717, 1.165) is 12.8 Å². The first-order chi connectivity index (χ1) is 7.95. The summed E-state index contributed by atoms with van der Waals surface area (Å²) in [4.78, 5) is 25.4. The first-order valence-corrected chi connectivity index (χ1v) is 6.24. The van der Waals surface area contributed by atoms with Gasteiger partial charge in [0.05, 0.1) is 12.0 Å². The molecule has 1 aliphatic rings. The molecule has 98 valence electrons. The van der Waals surface area contributed by atoms with Crippen LogP contribution in [0.2, 0.25) is 0 Å². The fourth-order valence-corrected chi connectivity index (χ4v) is 1.86. The number of hydrogen-bond donors (Lipinski definition) is 2. The van der Waals surface area contributed by atoms with Crippen LogP contribution in [0.15, 0.2) is 0 Å². The molecule has 1 rings (SSSR count). The van der Waals surface area contributed by atoms with Crippen molar-refractivity contribution < 1.29 is 9.59 Å². The van der Waals surface area contributed by atoms with E-state index in [-0.39, 0.29) is 29.8 Å². The summed E-state index contributed by atoms with van der Waals surface area (Å²) in [6, 6.07) is 0.0979. The number of nitrogens with zero attached hydrogens (tertiary/aromatic N) is 1. The standard InChI is InChI=1S/C12H23N3O2/c1-4-15(7-10(16)14-9(2)3)11(17)12(8-13)5-6-12/h9H,4-8,13H2,1-3H3,(H,14,16). The second-order valence-corrected chi connectivity index (χ2v) is 5.03. The highest BCUT2D eigenvalue weighted by atomic mass is 16.2. The largest absolute Gasteiger partial charge is 0.352 e. The van der Waals surface area contributed by atoms with Crippen molar-refractivity contribution in [2.24, 2.45) is 11.1 Å². The Morgan fingerprint density at radius 1 is 1.41 bits per heavy atom. The van der Waals surface area contributed by atoms with Crippen LogP contribution < -0.4 is 11.1 Å². The van der Waals surface area contributed by atoms with Crippen LogP contribution in [0.3, 0.4) is 0 Å². The maximum atomic E-state index is 12.2. The van der Waals surface area contributed by atoms with E-state index < -0.39 is 0 Å². The molecule has 5 heteroatoms. The topological polar surface area (TPSA) is 75.4 Å². The molecule has 0 aromatic rings. The molecule has 0 heterocycles. The summed E-state index contributed by atoms with van der Waals surface area (Å²) >= 11 is 0. The molecule has 0 aromatic carbocycles. The molecule has 0 spiro atoms. The molecule has 17 heavy (non-hydrogen) atoms. The Hall–Kier alpha value is -1.10. The number of carbonyl (C=O) groups is 2. The zero-order valence-electron chi connectivity index (χ0n) is 11.0. The third-order valence-electron chi connectivity index (χ3n) is 3.15. The summed E-state index contributed by atoms with van der Waals surface area (Å²) < 4.78 is 0. The highest BCUT2D eigenvalue weighted by Gasteiger charge is 2.50. The van der Waals surface area contributed by atoms with Gasteiger partial charge in [-0.15, -0.1) is 0 Å². The van der Waals surface area contributed by atoms with E-state index in [4.69, 9.17) is 5.73 Å². The Morgan fingerprint density at radius 2 is 2.00 bits per heavy atom. The smallest absolute Gasteiger partial charge is 0.239 e. The molecular formula is C12H23N3O2.